The van der Waals surface area contributed by atoms with Gasteiger partial charge in [-0.25, -0.2) is 0 Å². The van der Waals surface area contributed by atoms with E-state index in [1.807, 2.05) is 36.4 Å². The Hall–Kier alpha value is -1.74. The SMILES string of the molecule is CC(C(=O)c1ccccc1)C(Br)C(=O)c1ccccc1. The second kappa shape index (κ2) is 6.62. The van der Waals surface area contributed by atoms with Gasteiger partial charge in [-0.05, 0) is 0 Å². The number of hydrogen-bond donors (Lipinski definition) is 0. The number of benzene rings is 2. The first kappa shape index (κ1) is 14.7. The first-order valence-electron chi connectivity index (χ1n) is 6.44. The summed E-state index contributed by atoms with van der Waals surface area (Å²) in [5.41, 5.74) is 1.24. The van der Waals surface area contributed by atoms with Gasteiger partial charge in [-0.3, -0.25) is 9.59 Å². The summed E-state index contributed by atoms with van der Waals surface area (Å²) >= 11 is 3.37. The van der Waals surface area contributed by atoms with E-state index in [0.29, 0.717) is 11.1 Å². The monoisotopic (exact) mass is 330 g/mol. The number of Topliss-reactive ketones (excluding diaryl/α,β-unsaturated/α-hetero) is 2. The summed E-state index contributed by atoms with van der Waals surface area (Å²) in [4.78, 5) is 24.1. The zero-order valence-electron chi connectivity index (χ0n) is 11.1. The van der Waals surface area contributed by atoms with Crippen LogP contribution in [0.25, 0.3) is 0 Å². The molecule has 2 rings (SSSR count). The van der Waals surface area contributed by atoms with Crippen molar-refractivity contribution in [3.8, 4) is 0 Å². The summed E-state index contributed by atoms with van der Waals surface area (Å²) in [6.45, 7) is 1.77. The Balaban J connectivity index is 2.15. The second-order valence-electron chi connectivity index (χ2n) is 4.65. The average molecular weight is 331 g/mol. The maximum atomic E-state index is 12.3. The third kappa shape index (κ3) is 3.23. The molecule has 0 amide bonds. The highest BCUT2D eigenvalue weighted by Crippen LogP contribution is 2.22. The standard InChI is InChI=1S/C17H15BrO2/c1-12(16(19)13-8-4-2-5-9-13)15(18)17(20)14-10-6-3-7-11-14/h2-12,15H,1H3. The zero-order chi connectivity index (χ0) is 14.5. The molecule has 0 fully saturated rings. The quantitative estimate of drug-likeness (QED) is 0.609. The van der Waals surface area contributed by atoms with Crippen molar-refractivity contribution >= 4 is 27.5 Å². The molecule has 0 aliphatic heterocycles. The van der Waals surface area contributed by atoms with E-state index in [2.05, 4.69) is 15.9 Å². The summed E-state index contributed by atoms with van der Waals surface area (Å²) in [5.74, 6) is -0.510. The topological polar surface area (TPSA) is 34.1 Å². The van der Waals surface area contributed by atoms with Crippen molar-refractivity contribution in [2.24, 2.45) is 5.92 Å². The van der Waals surface area contributed by atoms with Gasteiger partial charge in [-0.15, -0.1) is 0 Å². The Morgan fingerprint density at radius 1 is 0.800 bits per heavy atom. The van der Waals surface area contributed by atoms with Crippen LogP contribution in [0.2, 0.25) is 0 Å². The smallest absolute Gasteiger partial charge is 0.177 e. The molecule has 0 saturated heterocycles. The van der Waals surface area contributed by atoms with Gasteiger partial charge in [0.2, 0.25) is 0 Å². The Labute approximate surface area is 127 Å². The minimum absolute atomic E-state index is 0.0308. The van der Waals surface area contributed by atoms with Crippen LogP contribution < -0.4 is 0 Å². The van der Waals surface area contributed by atoms with Gasteiger partial charge >= 0.3 is 0 Å². The molecule has 2 aromatic carbocycles. The molecule has 0 saturated carbocycles. The molecule has 2 atom stereocenters. The fourth-order valence-corrected chi connectivity index (χ4v) is 2.49. The molecule has 0 radical (unpaired) electrons. The molecule has 0 N–H and O–H groups in total. The summed E-state index contributed by atoms with van der Waals surface area (Å²) in [7, 11) is 0. The third-order valence-electron chi connectivity index (χ3n) is 3.22. The maximum Gasteiger partial charge on any atom is 0.177 e. The molecule has 0 aromatic heterocycles. The van der Waals surface area contributed by atoms with E-state index in [1.54, 1.807) is 31.2 Å². The van der Waals surface area contributed by atoms with Crippen LogP contribution in [0.3, 0.4) is 0 Å². The lowest BCUT2D eigenvalue weighted by Crippen LogP contribution is -2.28. The van der Waals surface area contributed by atoms with E-state index in [-0.39, 0.29) is 11.6 Å². The van der Waals surface area contributed by atoms with E-state index < -0.39 is 10.7 Å². The Bertz CT molecular complexity index is 537. The van der Waals surface area contributed by atoms with Crippen molar-refractivity contribution in [3.05, 3.63) is 71.8 Å². The minimum atomic E-state index is -0.516. The minimum Gasteiger partial charge on any atom is -0.294 e. The van der Waals surface area contributed by atoms with Crippen molar-refractivity contribution in [1.82, 2.24) is 0 Å². The number of rotatable bonds is 5. The van der Waals surface area contributed by atoms with Crippen LogP contribution in [0.15, 0.2) is 60.7 Å². The molecule has 3 heteroatoms. The number of alkyl halides is 1. The lowest BCUT2D eigenvalue weighted by atomic mass is 9.92. The molecule has 0 aliphatic rings. The normalized spacial score (nSPS) is 13.5. The number of hydrogen-bond acceptors (Lipinski definition) is 2. The largest absolute Gasteiger partial charge is 0.294 e. The van der Waals surface area contributed by atoms with Crippen LogP contribution in [0.5, 0.6) is 0 Å². The highest BCUT2D eigenvalue weighted by molar-refractivity contribution is 9.10. The molecular formula is C17H15BrO2. The van der Waals surface area contributed by atoms with Crippen LogP contribution >= 0.6 is 15.9 Å². The van der Waals surface area contributed by atoms with Gasteiger partial charge in [-0.1, -0.05) is 83.5 Å². The van der Waals surface area contributed by atoms with Gasteiger partial charge in [0.1, 0.15) is 0 Å². The predicted octanol–water partition coefficient (Wildman–Crippen LogP) is 4.15. The highest BCUT2D eigenvalue weighted by atomic mass is 79.9. The first-order chi connectivity index (χ1) is 9.61. The molecule has 0 spiro atoms. The van der Waals surface area contributed by atoms with Gasteiger partial charge in [0.15, 0.2) is 11.6 Å². The summed E-state index contributed by atoms with van der Waals surface area (Å²) in [6.07, 6.45) is 0. The van der Waals surface area contributed by atoms with E-state index in [4.69, 9.17) is 0 Å². The van der Waals surface area contributed by atoms with Crippen LogP contribution in [0.4, 0.5) is 0 Å². The summed E-state index contributed by atoms with van der Waals surface area (Å²) in [6, 6.07) is 18.1. The molecule has 0 heterocycles. The Kier molecular flexibility index (Phi) is 4.85. The van der Waals surface area contributed by atoms with E-state index in [9.17, 15) is 9.59 Å². The summed E-state index contributed by atoms with van der Waals surface area (Å²) in [5, 5.41) is 0. The number of carbonyl (C=O) groups is 2. The predicted molar refractivity (Wildman–Crippen MR) is 83.4 cm³/mol. The Morgan fingerprint density at radius 2 is 1.20 bits per heavy atom. The van der Waals surface area contributed by atoms with Gasteiger partial charge < -0.3 is 0 Å². The molecule has 0 aliphatic carbocycles. The number of halogens is 1. The van der Waals surface area contributed by atoms with Gasteiger partial charge in [0.05, 0.1) is 4.83 Å². The molecule has 2 aromatic rings. The van der Waals surface area contributed by atoms with Crippen molar-refractivity contribution in [1.29, 1.82) is 0 Å². The van der Waals surface area contributed by atoms with Gasteiger partial charge in [0, 0.05) is 17.0 Å². The lowest BCUT2D eigenvalue weighted by molar-refractivity contribution is 0.0873. The maximum absolute atomic E-state index is 12.3. The number of ketones is 2. The average Bonchev–Trinajstić information content (AvgIpc) is 2.53. The molecule has 102 valence electrons. The van der Waals surface area contributed by atoms with Crippen LogP contribution in [-0.4, -0.2) is 16.4 Å². The van der Waals surface area contributed by atoms with Gasteiger partial charge in [-0.2, -0.15) is 0 Å². The zero-order valence-corrected chi connectivity index (χ0v) is 12.7. The fraction of sp³-hybridized carbons (Fsp3) is 0.176. The lowest BCUT2D eigenvalue weighted by Gasteiger charge is -2.16. The van der Waals surface area contributed by atoms with Gasteiger partial charge in [0.25, 0.3) is 0 Å². The molecule has 2 nitrogen and oxygen atoms in total. The highest BCUT2D eigenvalue weighted by Gasteiger charge is 2.28. The van der Waals surface area contributed by atoms with Crippen molar-refractivity contribution in [3.63, 3.8) is 0 Å². The van der Waals surface area contributed by atoms with Crippen molar-refractivity contribution in [2.75, 3.05) is 0 Å². The molecule has 20 heavy (non-hydrogen) atoms. The van der Waals surface area contributed by atoms with Crippen LogP contribution in [-0.2, 0) is 0 Å². The van der Waals surface area contributed by atoms with Crippen molar-refractivity contribution in [2.45, 2.75) is 11.8 Å². The fourth-order valence-electron chi connectivity index (χ4n) is 1.99. The van der Waals surface area contributed by atoms with Crippen LogP contribution in [0.1, 0.15) is 27.6 Å². The Morgan fingerprint density at radius 3 is 1.65 bits per heavy atom. The van der Waals surface area contributed by atoms with E-state index in [0.717, 1.165) is 0 Å². The molecular weight excluding hydrogens is 316 g/mol. The molecule has 2 unspecified atom stereocenters. The van der Waals surface area contributed by atoms with E-state index >= 15 is 0 Å². The van der Waals surface area contributed by atoms with E-state index in [1.165, 1.54) is 0 Å². The third-order valence-corrected chi connectivity index (χ3v) is 4.43. The van der Waals surface area contributed by atoms with Crippen molar-refractivity contribution < 1.29 is 9.59 Å². The van der Waals surface area contributed by atoms with Crippen LogP contribution in [0, 0.1) is 5.92 Å². The number of carbonyl (C=O) groups excluding carboxylic acids is 2. The molecule has 0 bridgehead atoms. The summed E-state index contributed by atoms with van der Waals surface area (Å²) < 4.78 is 0. The first-order valence-corrected chi connectivity index (χ1v) is 7.35. The second-order valence-corrected chi connectivity index (χ2v) is 5.64.